The number of carbonyl (C=O) groups is 1. The van der Waals surface area contributed by atoms with Gasteiger partial charge in [0.15, 0.2) is 0 Å². The van der Waals surface area contributed by atoms with Crippen molar-refractivity contribution < 1.29 is 4.79 Å². The Morgan fingerprint density at radius 1 is 1.24 bits per heavy atom. The number of fused-ring (bicyclic) bond motifs is 1. The normalized spacial score (nSPS) is 19.9. The molecule has 1 aromatic heterocycles. The van der Waals surface area contributed by atoms with Crippen LogP contribution in [0.1, 0.15) is 46.2 Å². The maximum atomic E-state index is 13.2. The van der Waals surface area contributed by atoms with Crippen molar-refractivity contribution in [3.8, 4) is 0 Å². The van der Waals surface area contributed by atoms with Crippen LogP contribution in [0.3, 0.4) is 0 Å². The molecule has 1 fully saturated rings. The van der Waals surface area contributed by atoms with Crippen LogP contribution in [0.5, 0.6) is 0 Å². The van der Waals surface area contributed by atoms with Crippen LogP contribution in [0.25, 0.3) is 0 Å². The van der Waals surface area contributed by atoms with Crippen LogP contribution in [0.15, 0.2) is 30.6 Å². The molecule has 5 nitrogen and oxygen atoms in total. The van der Waals surface area contributed by atoms with E-state index in [-0.39, 0.29) is 24.4 Å². The van der Waals surface area contributed by atoms with Gasteiger partial charge in [0.1, 0.15) is 11.9 Å². The first-order valence-electron chi connectivity index (χ1n) is 8.85. The Morgan fingerprint density at radius 3 is 2.80 bits per heavy atom. The summed E-state index contributed by atoms with van der Waals surface area (Å²) in [4.78, 5) is 19.6. The number of imidazole rings is 1. The number of halogens is 1. The molecule has 2 aliphatic rings. The molecule has 1 amide bonds. The van der Waals surface area contributed by atoms with Gasteiger partial charge in [0.05, 0.1) is 0 Å². The zero-order chi connectivity index (χ0) is 16.5. The van der Waals surface area contributed by atoms with Gasteiger partial charge in [-0.1, -0.05) is 6.07 Å². The van der Waals surface area contributed by atoms with Crippen LogP contribution in [-0.4, -0.2) is 40.0 Å². The summed E-state index contributed by atoms with van der Waals surface area (Å²) in [6, 6.07) is 6.26. The van der Waals surface area contributed by atoms with Gasteiger partial charge in [-0.2, -0.15) is 0 Å². The number of aryl methyl sites for hydroxylation is 3. The summed E-state index contributed by atoms with van der Waals surface area (Å²) in [7, 11) is 1.98. The molecule has 6 heteroatoms. The highest BCUT2D eigenvalue weighted by Crippen LogP contribution is 2.26. The number of benzene rings is 1. The fourth-order valence-corrected chi connectivity index (χ4v) is 3.91. The van der Waals surface area contributed by atoms with Gasteiger partial charge >= 0.3 is 0 Å². The van der Waals surface area contributed by atoms with Crippen molar-refractivity contribution >= 4 is 18.3 Å². The zero-order valence-corrected chi connectivity index (χ0v) is 15.4. The Balaban J connectivity index is 0.00000182. The molecule has 0 saturated carbocycles. The summed E-state index contributed by atoms with van der Waals surface area (Å²) in [6.45, 7) is 2.30. The number of hydrogen-bond acceptors (Lipinski definition) is 3. The average molecular weight is 361 g/mol. The van der Waals surface area contributed by atoms with Gasteiger partial charge in [-0.3, -0.25) is 4.79 Å². The Kier molecular flexibility index (Phi) is 5.45. The molecule has 1 N–H and O–H groups in total. The number of nitrogens with zero attached hydrogens (tertiary/aromatic N) is 3. The largest absolute Gasteiger partial charge is 0.336 e. The van der Waals surface area contributed by atoms with Crippen molar-refractivity contribution in [1.82, 2.24) is 19.8 Å². The smallest absolute Gasteiger partial charge is 0.254 e. The highest BCUT2D eigenvalue weighted by molar-refractivity contribution is 5.95. The predicted molar refractivity (Wildman–Crippen MR) is 100 cm³/mol. The minimum Gasteiger partial charge on any atom is -0.336 e. The van der Waals surface area contributed by atoms with E-state index < -0.39 is 0 Å². The number of amides is 1. The lowest BCUT2D eigenvalue weighted by Crippen LogP contribution is -2.49. The maximum Gasteiger partial charge on any atom is 0.254 e. The van der Waals surface area contributed by atoms with E-state index in [2.05, 4.69) is 22.4 Å². The van der Waals surface area contributed by atoms with Gasteiger partial charge in [0.2, 0.25) is 0 Å². The summed E-state index contributed by atoms with van der Waals surface area (Å²) in [6.07, 6.45) is 8.47. The van der Waals surface area contributed by atoms with E-state index >= 15 is 0 Å². The quantitative estimate of drug-likeness (QED) is 0.895. The lowest BCUT2D eigenvalue weighted by atomic mass is 9.90. The number of aromatic nitrogens is 2. The first-order valence-corrected chi connectivity index (χ1v) is 8.85. The van der Waals surface area contributed by atoms with Gasteiger partial charge in [-0.15, -0.1) is 12.4 Å². The Labute approximate surface area is 154 Å². The van der Waals surface area contributed by atoms with Gasteiger partial charge in [0.25, 0.3) is 5.91 Å². The van der Waals surface area contributed by atoms with E-state index in [1.807, 2.05) is 28.8 Å². The molecule has 1 aromatic carbocycles. The second kappa shape index (κ2) is 7.58. The second-order valence-corrected chi connectivity index (χ2v) is 6.81. The van der Waals surface area contributed by atoms with Crippen LogP contribution in [-0.2, 0) is 19.9 Å². The number of piperazine rings is 1. The highest BCUT2D eigenvalue weighted by Gasteiger charge is 2.31. The molecule has 2 heterocycles. The number of nitrogens with one attached hydrogen (secondary N) is 1. The van der Waals surface area contributed by atoms with Crippen molar-refractivity contribution in [3.05, 3.63) is 53.1 Å². The van der Waals surface area contributed by atoms with Gasteiger partial charge in [-0.25, -0.2) is 4.98 Å². The lowest BCUT2D eigenvalue weighted by Gasteiger charge is -2.36. The molecule has 0 radical (unpaired) electrons. The van der Waals surface area contributed by atoms with E-state index in [4.69, 9.17) is 0 Å². The first-order chi connectivity index (χ1) is 11.7. The van der Waals surface area contributed by atoms with E-state index in [0.717, 1.165) is 37.3 Å². The molecule has 134 valence electrons. The van der Waals surface area contributed by atoms with Gasteiger partial charge < -0.3 is 14.8 Å². The number of carbonyl (C=O) groups excluding carboxylic acids is 1. The summed E-state index contributed by atoms with van der Waals surface area (Å²) in [5.41, 5.74) is 3.59. The first kappa shape index (κ1) is 18.0. The van der Waals surface area contributed by atoms with E-state index in [1.165, 1.54) is 24.0 Å². The van der Waals surface area contributed by atoms with Crippen molar-refractivity contribution in [2.45, 2.75) is 31.7 Å². The topological polar surface area (TPSA) is 50.2 Å². The minimum absolute atomic E-state index is 0. The average Bonchev–Trinajstić information content (AvgIpc) is 3.06. The van der Waals surface area contributed by atoms with Crippen molar-refractivity contribution in [1.29, 1.82) is 0 Å². The molecule has 1 atom stereocenters. The van der Waals surface area contributed by atoms with Crippen LogP contribution in [0.2, 0.25) is 0 Å². The van der Waals surface area contributed by atoms with Crippen LogP contribution in [0.4, 0.5) is 0 Å². The molecule has 0 bridgehead atoms. The summed E-state index contributed by atoms with van der Waals surface area (Å²) < 4.78 is 2.00. The predicted octanol–water partition coefficient (Wildman–Crippen LogP) is 2.51. The summed E-state index contributed by atoms with van der Waals surface area (Å²) in [5, 5.41) is 3.39. The molecule has 1 aliphatic carbocycles. The minimum atomic E-state index is -0.0118. The van der Waals surface area contributed by atoms with Crippen LogP contribution < -0.4 is 5.32 Å². The maximum absolute atomic E-state index is 13.2. The fourth-order valence-electron chi connectivity index (χ4n) is 3.91. The molecule has 25 heavy (non-hydrogen) atoms. The Morgan fingerprint density at radius 2 is 2.04 bits per heavy atom. The van der Waals surface area contributed by atoms with E-state index in [9.17, 15) is 4.79 Å². The fraction of sp³-hybridized carbons (Fsp3) is 0.474. The van der Waals surface area contributed by atoms with Crippen molar-refractivity contribution in [2.24, 2.45) is 7.05 Å². The standard InChI is InChI=1S/C19H24N4O.ClH/c1-22-10-9-21-18(22)17-13-20-8-11-23(17)19(24)16-7-6-14-4-2-3-5-15(14)12-16;/h6-7,9-10,12,17,20H,2-5,8,11,13H2,1H3;1H. The molecule has 1 saturated heterocycles. The third-order valence-electron chi connectivity index (χ3n) is 5.26. The van der Waals surface area contributed by atoms with Crippen molar-refractivity contribution in [2.75, 3.05) is 19.6 Å². The van der Waals surface area contributed by atoms with Crippen molar-refractivity contribution in [3.63, 3.8) is 0 Å². The SMILES string of the molecule is Cl.Cn1ccnc1C1CNCCN1C(=O)c1ccc2c(c1)CCCC2. The highest BCUT2D eigenvalue weighted by atomic mass is 35.5. The second-order valence-electron chi connectivity index (χ2n) is 6.81. The van der Waals surface area contributed by atoms with E-state index in [0.29, 0.717) is 6.54 Å². The van der Waals surface area contributed by atoms with Gasteiger partial charge in [-0.05, 0) is 48.9 Å². The molecule has 1 unspecified atom stereocenters. The molecule has 0 spiro atoms. The Hall–Kier alpha value is -1.85. The van der Waals surface area contributed by atoms with Crippen LogP contribution >= 0.6 is 12.4 Å². The lowest BCUT2D eigenvalue weighted by molar-refractivity contribution is 0.0620. The third-order valence-corrected chi connectivity index (χ3v) is 5.26. The van der Waals surface area contributed by atoms with Crippen LogP contribution in [0, 0.1) is 0 Å². The zero-order valence-electron chi connectivity index (χ0n) is 14.6. The molecule has 4 rings (SSSR count). The monoisotopic (exact) mass is 360 g/mol. The number of hydrogen-bond donors (Lipinski definition) is 1. The molecular weight excluding hydrogens is 336 g/mol. The van der Waals surface area contributed by atoms with Gasteiger partial charge in [0, 0.05) is 44.6 Å². The van der Waals surface area contributed by atoms with E-state index in [1.54, 1.807) is 6.20 Å². The molecule has 1 aliphatic heterocycles. The summed E-state index contributed by atoms with van der Waals surface area (Å²) >= 11 is 0. The summed E-state index contributed by atoms with van der Waals surface area (Å²) in [5.74, 6) is 1.06. The molecular formula is C19H25ClN4O. The third kappa shape index (κ3) is 3.44. The Bertz CT molecular complexity index is 758. The molecule has 2 aromatic rings. The number of rotatable bonds is 2.